The lowest BCUT2D eigenvalue weighted by atomic mass is 10.1. The lowest BCUT2D eigenvalue weighted by Crippen LogP contribution is -2.49. The molecular weight excluding hydrogens is 454 g/mol. The molecule has 11 heteroatoms. The first-order chi connectivity index (χ1) is 15.4. The Bertz CT molecular complexity index is 1130. The van der Waals surface area contributed by atoms with Crippen molar-refractivity contribution in [3.63, 3.8) is 0 Å². The van der Waals surface area contributed by atoms with Crippen molar-refractivity contribution in [2.75, 3.05) is 36.8 Å². The summed E-state index contributed by atoms with van der Waals surface area (Å²) in [4.78, 5) is 27.2. The quantitative estimate of drug-likeness (QED) is 0.300. The highest BCUT2D eigenvalue weighted by atomic mass is 35.5. The molecule has 0 atom stereocenters. The molecule has 0 N–H and O–H groups in total. The highest BCUT2D eigenvalue weighted by molar-refractivity contribution is 7.99. The number of rotatable bonds is 6. The van der Waals surface area contributed by atoms with Crippen LogP contribution in [0.2, 0.25) is 5.02 Å². The first-order valence-electron chi connectivity index (χ1n) is 9.91. The second kappa shape index (κ2) is 9.58. The lowest BCUT2D eigenvalue weighted by Gasteiger charge is -2.35. The number of halogens is 1. The van der Waals surface area contributed by atoms with Crippen molar-refractivity contribution in [2.24, 2.45) is 0 Å². The van der Waals surface area contributed by atoms with E-state index in [9.17, 15) is 14.9 Å². The van der Waals surface area contributed by atoms with Gasteiger partial charge >= 0.3 is 0 Å². The monoisotopic (exact) mass is 473 g/mol. The normalized spacial score (nSPS) is 13.9. The highest BCUT2D eigenvalue weighted by Gasteiger charge is 2.26. The van der Waals surface area contributed by atoms with Crippen molar-refractivity contribution >= 4 is 40.6 Å². The molecule has 0 bridgehead atoms. The minimum Gasteiger partial charge on any atom is -0.411 e. The number of thioether (sulfide) groups is 1. The molecule has 0 unspecified atom stereocenters. The van der Waals surface area contributed by atoms with Crippen molar-refractivity contribution in [1.29, 1.82) is 0 Å². The van der Waals surface area contributed by atoms with Crippen molar-refractivity contribution < 1.29 is 14.1 Å². The Balaban J connectivity index is 1.31. The van der Waals surface area contributed by atoms with Crippen molar-refractivity contribution in [2.45, 2.75) is 12.1 Å². The van der Waals surface area contributed by atoms with E-state index >= 15 is 0 Å². The van der Waals surface area contributed by atoms with Crippen LogP contribution in [-0.4, -0.2) is 57.9 Å². The van der Waals surface area contributed by atoms with Gasteiger partial charge in [-0.05, 0) is 31.2 Å². The van der Waals surface area contributed by atoms with Crippen LogP contribution in [0.3, 0.4) is 0 Å². The third-order valence-electron chi connectivity index (χ3n) is 5.13. The molecule has 4 rings (SSSR count). The standard InChI is InChI=1S/C21H20ClN5O4S/c1-14-2-4-15(5-3-14)20-23-24-21(31-20)32-13-19(28)26-10-8-25(9-11-26)17-7-6-16(22)12-18(17)27(29)30/h2-7,12H,8-11,13H2,1H3. The fraction of sp³-hybridized carbons (Fsp3) is 0.286. The number of piperazine rings is 1. The van der Waals surface area contributed by atoms with Crippen LogP contribution in [0.25, 0.3) is 11.5 Å². The summed E-state index contributed by atoms with van der Waals surface area (Å²) in [5.41, 5.74) is 2.44. The Morgan fingerprint density at radius 1 is 1.16 bits per heavy atom. The number of carbonyl (C=O) groups is 1. The van der Waals surface area contributed by atoms with E-state index in [1.807, 2.05) is 36.1 Å². The summed E-state index contributed by atoms with van der Waals surface area (Å²) in [5.74, 6) is 0.546. The van der Waals surface area contributed by atoms with Crippen LogP contribution in [0, 0.1) is 17.0 Å². The van der Waals surface area contributed by atoms with Gasteiger partial charge in [-0.25, -0.2) is 0 Å². The van der Waals surface area contributed by atoms with E-state index in [1.54, 1.807) is 17.0 Å². The molecule has 0 radical (unpaired) electrons. The van der Waals surface area contributed by atoms with E-state index in [2.05, 4.69) is 10.2 Å². The van der Waals surface area contributed by atoms with E-state index < -0.39 is 4.92 Å². The van der Waals surface area contributed by atoms with E-state index in [0.29, 0.717) is 48.0 Å². The van der Waals surface area contributed by atoms with E-state index in [1.165, 1.54) is 17.8 Å². The average molecular weight is 474 g/mol. The highest BCUT2D eigenvalue weighted by Crippen LogP contribution is 2.32. The molecule has 2 heterocycles. The lowest BCUT2D eigenvalue weighted by molar-refractivity contribution is -0.384. The fourth-order valence-corrected chi connectivity index (χ4v) is 4.23. The second-order valence-electron chi connectivity index (χ2n) is 7.29. The van der Waals surface area contributed by atoms with Gasteiger partial charge in [0.1, 0.15) is 5.69 Å². The fourth-order valence-electron chi connectivity index (χ4n) is 3.40. The number of aromatic nitrogens is 2. The van der Waals surface area contributed by atoms with Crippen LogP contribution in [0.4, 0.5) is 11.4 Å². The molecule has 1 aliphatic heterocycles. The first-order valence-corrected chi connectivity index (χ1v) is 11.3. The van der Waals surface area contributed by atoms with Crippen LogP contribution in [0.1, 0.15) is 5.56 Å². The van der Waals surface area contributed by atoms with Gasteiger partial charge in [-0.3, -0.25) is 14.9 Å². The largest absolute Gasteiger partial charge is 0.411 e. The molecule has 166 valence electrons. The Labute approximate surface area is 193 Å². The van der Waals surface area contributed by atoms with Gasteiger partial charge in [0.25, 0.3) is 10.9 Å². The van der Waals surface area contributed by atoms with Crippen molar-refractivity contribution in [3.8, 4) is 11.5 Å². The summed E-state index contributed by atoms with van der Waals surface area (Å²) >= 11 is 7.09. The molecule has 0 aliphatic carbocycles. The SMILES string of the molecule is Cc1ccc(-c2nnc(SCC(=O)N3CCN(c4ccc(Cl)cc4[N+](=O)[O-])CC3)o2)cc1. The summed E-state index contributed by atoms with van der Waals surface area (Å²) in [6.07, 6.45) is 0. The van der Waals surface area contributed by atoms with Crippen LogP contribution in [0.5, 0.6) is 0 Å². The number of amides is 1. The average Bonchev–Trinajstić information content (AvgIpc) is 3.27. The van der Waals surface area contributed by atoms with Gasteiger partial charge < -0.3 is 14.2 Å². The third-order valence-corrected chi connectivity index (χ3v) is 6.17. The van der Waals surface area contributed by atoms with Gasteiger partial charge in [0.05, 0.1) is 10.7 Å². The van der Waals surface area contributed by atoms with Crippen LogP contribution >= 0.6 is 23.4 Å². The van der Waals surface area contributed by atoms with Gasteiger partial charge in [-0.15, -0.1) is 10.2 Å². The van der Waals surface area contributed by atoms with Crippen LogP contribution in [-0.2, 0) is 4.79 Å². The maximum Gasteiger partial charge on any atom is 0.294 e. The van der Waals surface area contributed by atoms with E-state index in [-0.39, 0.29) is 17.3 Å². The van der Waals surface area contributed by atoms with Gasteiger partial charge in [0.15, 0.2) is 0 Å². The summed E-state index contributed by atoms with van der Waals surface area (Å²) in [5, 5.41) is 20.1. The Morgan fingerprint density at radius 2 is 1.88 bits per heavy atom. The predicted molar refractivity (Wildman–Crippen MR) is 122 cm³/mol. The Kier molecular flexibility index (Phi) is 6.61. The Hall–Kier alpha value is -3.11. The topological polar surface area (TPSA) is 106 Å². The minimum absolute atomic E-state index is 0.0337. The minimum atomic E-state index is -0.440. The number of hydrogen-bond donors (Lipinski definition) is 0. The number of anilines is 1. The number of aryl methyl sites for hydroxylation is 1. The molecule has 9 nitrogen and oxygen atoms in total. The molecule has 1 aliphatic rings. The second-order valence-corrected chi connectivity index (χ2v) is 8.65. The summed E-state index contributed by atoms with van der Waals surface area (Å²) in [7, 11) is 0. The molecule has 1 amide bonds. The molecule has 2 aromatic carbocycles. The molecule has 32 heavy (non-hydrogen) atoms. The summed E-state index contributed by atoms with van der Waals surface area (Å²) < 4.78 is 5.65. The zero-order valence-corrected chi connectivity index (χ0v) is 18.8. The number of carbonyl (C=O) groups excluding carboxylic acids is 1. The number of nitrogens with zero attached hydrogens (tertiary/aromatic N) is 5. The molecule has 1 saturated heterocycles. The molecule has 1 fully saturated rings. The summed E-state index contributed by atoms with van der Waals surface area (Å²) in [6, 6.07) is 12.4. The number of nitro groups is 1. The van der Waals surface area contributed by atoms with E-state index in [0.717, 1.165) is 11.1 Å². The molecule has 0 spiro atoms. The number of benzene rings is 2. The van der Waals surface area contributed by atoms with Crippen molar-refractivity contribution in [3.05, 3.63) is 63.2 Å². The molecular formula is C21H20ClN5O4S. The predicted octanol–water partition coefficient (Wildman–Crippen LogP) is 4.05. The van der Waals surface area contributed by atoms with Crippen LogP contribution < -0.4 is 4.90 Å². The third kappa shape index (κ3) is 5.03. The Morgan fingerprint density at radius 3 is 2.56 bits per heavy atom. The number of nitro benzene ring substituents is 1. The van der Waals surface area contributed by atoms with Gasteiger partial charge in [0.2, 0.25) is 11.8 Å². The molecule has 0 saturated carbocycles. The zero-order valence-electron chi connectivity index (χ0n) is 17.2. The maximum atomic E-state index is 12.6. The molecule has 1 aromatic heterocycles. The maximum absolute atomic E-state index is 12.6. The van der Waals surface area contributed by atoms with Gasteiger partial charge in [0, 0.05) is 42.8 Å². The first kappa shape index (κ1) is 22.1. The number of hydrogen-bond acceptors (Lipinski definition) is 8. The van der Waals surface area contributed by atoms with Gasteiger partial charge in [-0.2, -0.15) is 0 Å². The van der Waals surface area contributed by atoms with E-state index in [4.69, 9.17) is 16.0 Å². The zero-order chi connectivity index (χ0) is 22.7. The van der Waals surface area contributed by atoms with Crippen molar-refractivity contribution in [1.82, 2.24) is 15.1 Å². The van der Waals surface area contributed by atoms with Gasteiger partial charge in [-0.1, -0.05) is 41.1 Å². The smallest absolute Gasteiger partial charge is 0.294 e. The van der Waals surface area contributed by atoms with Crippen LogP contribution in [0.15, 0.2) is 52.1 Å². The molecule has 3 aromatic rings. The summed E-state index contributed by atoms with van der Waals surface area (Å²) in [6.45, 7) is 3.93.